The second-order valence-corrected chi connectivity index (χ2v) is 10.0. The molecule has 39 heavy (non-hydrogen) atoms. The van der Waals surface area contributed by atoms with Crippen LogP contribution in [0.5, 0.6) is 5.75 Å². The van der Waals surface area contributed by atoms with Crippen LogP contribution in [0.1, 0.15) is 49.2 Å². The largest absolute Gasteiger partial charge is 0.497 e. The van der Waals surface area contributed by atoms with E-state index in [0.29, 0.717) is 28.5 Å². The molecule has 0 bridgehead atoms. The van der Waals surface area contributed by atoms with E-state index in [4.69, 9.17) is 9.72 Å². The van der Waals surface area contributed by atoms with Crippen LogP contribution in [0, 0.1) is 10.1 Å². The highest BCUT2D eigenvalue weighted by Gasteiger charge is 2.25. The van der Waals surface area contributed by atoms with Gasteiger partial charge in [-0.1, -0.05) is 12.1 Å². The SMILES string of the molecule is COc1ccc(-c2nc3c(C(=O)NC(CC(=O)O)c4cccc([N+](=O)[O-])c4)cccn3c2NC(C)(C)C)cc1. The number of rotatable bonds is 9. The summed E-state index contributed by atoms with van der Waals surface area (Å²) in [6, 6.07) is 15.3. The van der Waals surface area contributed by atoms with E-state index in [2.05, 4.69) is 10.6 Å². The first-order valence-corrected chi connectivity index (χ1v) is 12.2. The van der Waals surface area contributed by atoms with Crippen molar-refractivity contribution in [1.29, 1.82) is 0 Å². The van der Waals surface area contributed by atoms with Gasteiger partial charge in [-0.05, 0) is 62.7 Å². The van der Waals surface area contributed by atoms with E-state index in [1.807, 2.05) is 45.0 Å². The highest BCUT2D eigenvalue weighted by molar-refractivity contribution is 6.01. The number of nitrogens with zero attached hydrogens (tertiary/aromatic N) is 3. The van der Waals surface area contributed by atoms with Crippen molar-refractivity contribution >= 4 is 29.0 Å². The molecule has 0 saturated carbocycles. The fraction of sp³-hybridized carbons (Fsp3) is 0.250. The van der Waals surface area contributed by atoms with Gasteiger partial charge in [-0.25, -0.2) is 4.98 Å². The molecule has 1 atom stereocenters. The lowest BCUT2D eigenvalue weighted by molar-refractivity contribution is -0.384. The Balaban J connectivity index is 1.79. The number of pyridine rings is 1. The third kappa shape index (κ3) is 6.15. The molecule has 0 radical (unpaired) electrons. The van der Waals surface area contributed by atoms with Crippen LogP contribution in [0.25, 0.3) is 16.9 Å². The first kappa shape index (κ1) is 27.1. The number of hydrogen-bond donors (Lipinski definition) is 3. The second kappa shape index (κ2) is 10.8. The highest BCUT2D eigenvalue weighted by atomic mass is 16.6. The molecule has 2 aromatic heterocycles. The van der Waals surface area contributed by atoms with E-state index in [9.17, 15) is 24.8 Å². The molecule has 4 rings (SSSR count). The summed E-state index contributed by atoms with van der Waals surface area (Å²) >= 11 is 0. The highest BCUT2D eigenvalue weighted by Crippen LogP contribution is 2.33. The molecule has 2 aromatic carbocycles. The topological polar surface area (TPSA) is 148 Å². The van der Waals surface area contributed by atoms with Crippen LogP contribution in [0.4, 0.5) is 11.5 Å². The lowest BCUT2D eigenvalue weighted by Crippen LogP contribution is -2.30. The van der Waals surface area contributed by atoms with Gasteiger partial charge in [0.1, 0.15) is 17.3 Å². The van der Waals surface area contributed by atoms with Crippen molar-refractivity contribution in [2.75, 3.05) is 12.4 Å². The number of aromatic nitrogens is 2. The molecule has 0 aliphatic heterocycles. The maximum Gasteiger partial charge on any atom is 0.305 e. The second-order valence-electron chi connectivity index (χ2n) is 10.0. The zero-order valence-electron chi connectivity index (χ0n) is 22.0. The maximum atomic E-state index is 13.5. The smallest absolute Gasteiger partial charge is 0.305 e. The summed E-state index contributed by atoms with van der Waals surface area (Å²) in [7, 11) is 1.59. The number of carbonyl (C=O) groups is 2. The van der Waals surface area contributed by atoms with E-state index < -0.39 is 29.3 Å². The Morgan fingerprint density at radius 2 is 1.85 bits per heavy atom. The van der Waals surface area contributed by atoms with Crippen molar-refractivity contribution in [2.45, 2.75) is 38.8 Å². The quantitative estimate of drug-likeness (QED) is 0.200. The molecule has 2 heterocycles. The number of fused-ring (bicyclic) bond motifs is 1. The number of methoxy groups -OCH3 is 1. The average Bonchev–Trinajstić information content (AvgIpc) is 3.25. The molecule has 0 saturated heterocycles. The number of anilines is 1. The Morgan fingerprint density at radius 3 is 2.46 bits per heavy atom. The van der Waals surface area contributed by atoms with Gasteiger partial charge in [-0.3, -0.25) is 24.1 Å². The molecule has 1 unspecified atom stereocenters. The number of carboxylic acid groups (broad SMARTS) is 1. The van der Waals surface area contributed by atoms with Gasteiger partial charge in [0.2, 0.25) is 0 Å². The van der Waals surface area contributed by atoms with Crippen LogP contribution in [-0.4, -0.2) is 43.9 Å². The van der Waals surface area contributed by atoms with Gasteiger partial charge in [0, 0.05) is 29.4 Å². The molecule has 202 valence electrons. The first-order valence-electron chi connectivity index (χ1n) is 12.2. The lowest BCUT2D eigenvalue weighted by atomic mass is 10.0. The van der Waals surface area contributed by atoms with E-state index in [0.717, 1.165) is 5.56 Å². The van der Waals surface area contributed by atoms with Crippen LogP contribution in [0.2, 0.25) is 0 Å². The van der Waals surface area contributed by atoms with Crippen molar-refractivity contribution in [2.24, 2.45) is 0 Å². The Morgan fingerprint density at radius 1 is 1.13 bits per heavy atom. The Labute approximate surface area is 224 Å². The number of amides is 1. The first-order chi connectivity index (χ1) is 18.5. The van der Waals surface area contributed by atoms with Gasteiger partial charge < -0.3 is 20.5 Å². The van der Waals surface area contributed by atoms with Crippen LogP contribution in [0.3, 0.4) is 0 Å². The van der Waals surface area contributed by atoms with Crippen molar-refractivity contribution in [3.8, 4) is 17.0 Å². The number of carboxylic acids is 1. The molecule has 0 aliphatic carbocycles. The zero-order chi connectivity index (χ0) is 28.3. The molecule has 0 spiro atoms. The minimum atomic E-state index is -1.16. The zero-order valence-corrected chi connectivity index (χ0v) is 22.0. The summed E-state index contributed by atoms with van der Waals surface area (Å²) < 4.78 is 7.05. The van der Waals surface area contributed by atoms with E-state index in [1.54, 1.807) is 35.9 Å². The molecule has 4 aromatic rings. The third-order valence-corrected chi connectivity index (χ3v) is 5.92. The van der Waals surface area contributed by atoms with E-state index in [1.165, 1.54) is 18.2 Å². The maximum absolute atomic E-state index is 13.5. The molecule has 11 heteroatoms. The van der Waals surface area contributed by atoms with Gasteiger partial charge in [-0.2, -0.15) is 0 Å². The number of benzene rings is 2. The van der Waals surface area contributed by atoms with Crippen molar-refractivity contribution in [1.82, 2.24) is 14.7 Å². The number of nitrogens with one attached hydrogen (secondary N) is 2. The Hall–Kier alpha value is -4.93. The molecule has 1 amide bonds. The number of ether oxygens (including phenoxy) is 1. The van der Waals surface area contributed by atoms with Gasteiger partial charge in [-0.15, -0.1) is 0 Å². The van der Waals surface area contributed by atoms with Gasteiger partial charge in [0.25, 0.3) is 11.6 Å². The number of nitro groups is 1. The monoisotopic (exact) mass is 531 g/mol. The summed E-state index contributed by atoms with van der Waals surface area (Å²) in [5, 5.41) is 26.9. The summed E-state index contributed by atoms with van der Waals surface area (Å²) in [6.07, 6.45) is 1.33. The minimum absolute atomic E-state index is 0.200. The van der Waals surface area contributed by atoms with Gasteiger partial charge in [0.15, 0.2) is 5.65 Å². The summed E-state index contributed by atoms with van der Waals surface area (Å²) in [5.41, 5.74) is 1.78. The third-order valence-electron chi connectivity index (χ3n) is 5.92. The summed E-state index contributed by atoms with van der Waals surface area (Å²) in [5.74, 6) is -0.354. The minimum Gasteiger partial charge on any atom is -0.497 e. The molecular weight excluding hydrogens is 502 g/mol. The predicted octanol–water partition coefficient (Wildman–Crippen LogP) is 5.07. The van der Waals surface area contributed by atoms with Crippen LogP contribution < -0.4 is 15.4 Å². The van der Waals surface area contributed by atoms with Crippen molar-refractivity contribution < 1.29 is 24.4 Å². The van der Waals surface area contributed by atoms with Gasteiger partial charge in [0.05, 0.1) is 30.1 Å². The van der Waals surface area contributed by atoms with Gasteiger partial charge >= 0.3 is 5.97 Å². The number of carbonyl (C=O) groups excluding carboxylic acids is 1. The normalized spacial score (nSPS) is 12.1. The summed E-state index contributed by atoms with van der Waals surface area (Å²) in [6.45, 7) is 6.03. The molecule has 11 nitrogen and oxygen atoms in total. The average molecular weight is 532 g/mol. The fourth-order valence-electron chi connectivity index (χ4n) is 4.19. The Bertz CT molecular complexity index is 1540. The van der Waals surface area contributed by atoms with Crippen LogP contribution >= 0.6 is 0 Å². The Kier molecular flexibility index (Phi) is 7.52. The molecular formula is C28H29N5O6. The van der Waals surface area contributed by atoms with E-state index >= 15 is 0 Å². The van der Waals surface area contributed by atoms with Crippen molar-refractivity contribution in [3.63, 3.8) is 0 Å². The van der Waals surface area contributed by atoms with Crippen molar-refractivity contribution in [3.05, 3.63) is 88.1 Å². The predicted molar refractivity (Wildman–Crippen MR) is 146 cm³/mol. The molecule has 3 N–H and O–H groups in total. The van der Waals surface area contributed by atoms with E-state index in [-0.39, 0.29) is 16.8 Å². The number of nitro benzene ring substituents is 1. The molecule has 0 aliphatic rings. The van der Waals surface area contributed by atoms with Crippen LogP contribution in [-0.2, 0) is 4.79 Å². The van der Waals surface area contributed by atoms with Crippen LogP contribution in [0.15, 0.2) is 66.9 Å². The fourth-order valence-corrected chi connectivity index (χ4v) is 4.19. The number of non-ortho nitro benzene ring substituents is 1. The number of hydrogen-bond acceptors (Lipinski definition) is 7. The molecule has 0 fully saturated rings. The standard InChI is InChI=1S/C28H29N5O6/c1-28(2,3)31-26-24(17-10-12-20(39-4)13-11-17)30-25-21(9-6-14-32(25)26)27(36)29-22(16-23(34)35)18-7-5-8-19(15-18)33(37)38/h5-15,22,31H,16H2,1-4H3,(H,29,36)(H,34,35). The summed E-state index contributed by atoms with van der Waals surface area (Å²) in [4.78, 5) is 40.6. The number of aliphatic carboxylic acids is 1. The lowest BCUT2D eigenvalue weighted by Gasteiger charge is -2.22. The number of imidazole rings is 1.